The van der Waals surface area contributed by atoms with Gasteiger partial charge in [0.15, 0.2) is 5.78 Å². The molecule has 4 nitrogen and oxygen atoms in total. The summed E-state index contributed by atoms with van der Waals surface area (Å²) in [5.41, 5.74) is -0.0182. The molecular formula is C20H28O4. The quantitative estimate of drug-likeness (QED) is 0.591. The molecule has 1 fully saturated rings. The lowest BCUT2D eigenvalue weighted by atomic mass is 9.53. The largest absolute Gasteiger partial charge is 0.459 e. The number of hydrogen-bond donors (Lipinski definition) is 1. The van der Waals surface area contributed by atoms with Crippen LogP contribution in [0.1, 0.15) is 59.8 Å². The number of ether oxygens (including phenoxy) is 1. The number of ketones is 1. The Hall–Kier alpha value is -1.42. The summed E-state index contributed by atoms with van der Waals surface area (Å²) < 4.78 is 5.69. The van der Waals surface area contributed by atoms with E-state index in [4.69, 9.17) is 4.74 Å². The summed E-state index contributed by atoms with van der Waals surface area (Å²) in [6.45, 7) is 11.7. The topological polar surface area (TPSA) is 63.6 Å². The third-order valence-corrected chi connectivity index (χ3v) is 6.67. The van der Waals surface area contributed by atoms with Gasteiger partial charge in [-0.3, -0.25) is 9.59 Å². The van der Waals surface area contributed by atoms with Crippen LogP contribution >= 0.6 is 0 Å². The minimum absolute atomic E-state index is 0.0828. The summed E-state index contributed by atoms with van der Waals surface area (Å²) in [5.74, 6) is -0.0213. The van der Waals surface area contributed by atoms with Gasteiger partial charge in [-0.05, 0) is 38.7 Å². The molecule has 3 rings (SSSR count). The standard InChI is InChI=1S/C20H28O4/c1-6-19(4)11-13(21)16-12(17(19)23)7-8-14-18(2,3)24-15(22)9-10-20(14,16)5/h6,14,17,23H,1,7-11H2,2-5H3. The minimum Gasteiger partial charge on any atom is -0.459 e. The molecule has 1 aliphatic heterocycles. The van der Waals surface area contributed by atoms with Crippen LogP contribution in [-0.4, -0.2) is 28.6 Å². The predicted molar refractivity (Wildman–Crippen MR) is 91.2 cm³/mol. The highest BCUT2D eigenvalue weighted by Crippen LogP contribution is 2.58. The Labute approximate surface area is 144 Å². The van der Waals surface area contributed by atoms with Gasteiger partial charge < -0.3 is 9.84 Å². The molecule has 0 bridgehead atoms. The van der Waals surface area contributed by atoms with E-state index in [0.717, 1.165) is 17.6 Å². The van der Waals surface area contributed by atoms with Crippen molar-refractivity contribution in [1.82, 2.24) is 0 Å². The van der Waals surface area contributed by atoms with Gasteiger partial charge in [0, 0.05) is 35.2 Å². The predicted octanol–water partition coefficient (Wildman–Crippen LogP) is 3.34. The highest BCUT2D eigenvalue weighted by atomic mass is 16.6. The Balaban J connectivity index is 2.16. The molecule has 0 saturated carbocycles. The van der Waals surface area contributed by atoms with E-state index in [1.165, 1.54) is 0 Å². The number of aliphatic hydroxyl groups is 1. The van der Waals surface area contributed by atoms with Gasteiger partial charge in [0.05, 0.1) is 6.10 Å². The zero-order chi connectivity index (χ0) is 17.9. The fourth-order valence-corrected chi connectivity index (χ4v) is 5.36. The van der Waals surface area contributed by atoms with Crippen LogP contribution in [0.15, 0.2) is 23.8 Å². The molecule has 0 aromatic rings. The lowest BCUT2D eigenvalue weighted by Crippen LogP contribution is -2.52. The van der Waals surface area contributed by atoms with E-state index in [1.807, 2.05) is 20.8 Å². The molecule has 0 aromatic carbocycles. The molecule has 4 heteroatoms. The first kappa shape index (κ1) is 17.4. The zero-order valence-electron chi connectivity index (χ0n) is 15.1. The summed E-state index contributed by atoms with van der Waals surface area (Å²) in [4.78, 5) is 25.1. The van der Waals surface area contributed by atoms with Gasteiger partial charge >= 0.3 is 5.97 Å². The van der Waals surface area contributed by atoms with Crippen LogP contribution < -0.4 is 0 Å². The number of allylic oxidation sites excluding steroid dienone is 1. The average Bonchev–Trinajstić information content (AvgIpc) is 2.58. The van der Waals surface area contributed by atoms with Crippen molar-refractivity contribution >= 4 is 11.8 Å². The molecule has 0 amide bonds. The smallest absolute Gasteiger partial charge is 0.306 e. The lowest BCUT2D eigenvalue weighted by Gasteiger charge is -2.52. The first-order valence-electron chi connectivity index (χ1n) is 8.85. The SMILES string of the molecule is C=CC1(C)CC(=O)C2=C(CCC3C(C)(C)OC(=O)CCC23C)C1O. The van der Waals surface area contributed by atoms with E-state index in [2.05, 4.69) is 13.5 Å². The number of rotatable bonds is 1. The molecule has 24 heavy (non-hydrogen) atoms. The molecule has 0 aromatic heterocycles. The van der Waals surface area contributed by atoms with Gasteiger partial charge in [0.25, 0.3) is 0 Å². The van der Waals surface area contributed by atoms with E-state index >= 15 is 0 Å². The Bertz CT molecular complexity index is 644. The molecule has 1 N–H and O–H groups in total. The molecule has 0 radical (unpaired) electrons. The molecule has 3 aliphatic rings. The van der Waals surface area contributed by atoms with Gasteiger partial charge in [0.2, 0.25) is 0 Å². The van der Waals surface area contributed by atoms with Gasteiger partial charge in [-0.15, -0.1) is 6.58 Å². The Morgan fingerprint density at radius 2 is 1.88 bits per heavy atom. The molecule has 2 aliphatic carbocycles. The monoisotopic (exact) mass is 332 g/mol. The van der Waals surface area contributed by atoms with E-state index in [-0.39, 0.29) is 24.1 Å². The van der Waals surface area contributed by atoms with Crippen LogP contribution in [0.5, 0.6) is 0 Å². The number of aliphatic hydroxyl groups excluding tert-OH is 1. The highest BCUT2D eigenvalue weighted by Gasteiger charge is 2.57. The molecular weight excluding hydrogens is 304 g/mol. The maximum absolute atomic E-state index is 13.1. The number of fused-ring (bicyclic) bond motifs is 2. The molecule has 4 unspecified atom stereocenters. The second-order valence-electron chi connectivity index (χ2n) is 8.70. The summed E-state index contributed by atoms with van der Waals surface area (Å²) in [7, 11) is 0. The number of hydrogen-bond acceptors (Lipinski definition) is 4. The van der Waals surface area contributed by atoms with Crippen molar-refractivity contribution in [2.24, 2.45) is 16.7 Å². The van der Waals surface area contributed by atoms with Gasteiger partial charge in [-0.1, -0.05) is 19.9 Å². The van der Waals surface area contributed by atoms with Crippen LogP contribution in [0, 0.1) is 16.7 Å². The fourth-order valence-electron chi connectivity index (χ4n) is 5.36. The maximum Gasteiger partial charge on any atom is 0.306 e. The Morgan fingerprint density at radius 3 is 2.50 bits per heavy atom. The minimum atomic E-state index is -0.677. The van der Waals surface area contributed by atoms with Crippen molar-refractivity contribution in [3.63, 3.8) is 0 Å². The molecule has 4 atom stereocenters. The summed E-state index contributed by atoms with van der Waals surface area (Å²) in [6.07, 6.45) is 3.70. The van der Waals surface area contributed by atoms with Gasteiger partial charge in [-0.25, -0.2) is 0 Å². The maximum atomic E-state index is 13.1. The van der Waals surface area contributed by atoms with Crippen LogP contribution in [0.2, 0.25) is 0 Å². The number of cyclic esters (lactones) is 1. The summed E-state index contributed by atoms with van der Waals surface area (Å²) in [6, 6.07) is 0. The normalized spacial score (nSPS) is 41.9. The highest BCUT2D eigenvalue weighted by molar-refractivity contribution is 6.00. The molecule has 1 saturated heterocycles. The number of esters is 1. The van der Waals surface area contributed by atoms with Crippen LogP contribution in [0.3, 0.4) is 0 Å². The fraction of sp³-hybridized carbons (Fsp3) is 0.700. The third-order valence-electron chi connectivity index (χ3n) is 6.67. The van der Waals surface area contributed by atoms with Crippen LogP contribution in [0.25, 0.3) is 0 Å². The van der Waals surface area contributed by atoms with Crippen molar-refractivity contribution in [3.8, 4) is 0 Å². The Kier molecular flexibility index (Phi) is 3.83. The van der Waals surface area contributed by atoms with Gasteiger partial charge in [-0.2, -0.15) is 0 Å². The number of carbonyl (C=O) groups excluding carboxylic acids is 2. The second-order valence-corrected chi connectivity index (χ2v) is 8.70. The second kappa shape index (κ2) is 5.29. The van der Waals surface area contributed by atoms with Crippen molar-refractivity contribution in [2.75, 3.05) is 0 Å². The van der Waals surface area contributed by atoms with E-state index in [1.54, 1.807) is 6.08 Å². The lowest BCUT2D eigenvalue weighted by molar-refractivity contribution is -0.161. The van der Waals surface area contributed by atoms with Crippen molar-refractivity contribution < 1.29 is 19.4 Å². The zero-order valence-corrected chi connectivity index (χ0v) is 15.1. The third kappa shape index (κ3) is 2.30. The van der Waals surface area contributed by atoms with Crippen LogP contribution in [-0.2, 0) is 14.3 Å². The van der Waals surface area contributed by atoms with Crippen LogP contribution in [0.4, 0.5) is 0 Å². The average molecular weight is 332 g/mol. The first-order chi connectivity index (χ1) is 11.0. The van der Waals surface area contributed by atoms with Gasteiger partial charge in [0.1, 0.15) is 5.60 Å². The first-order valence-corrected chi connectivity index (χ1v) is 8.85. The molecule has 0 spiro atoms. The number of Topliss-reactive ketones (excluding diaryl/α,β-unsaturated/α-hetero) is 1. The van der Waals surface area contributed by atoms with Crippen molar-refractivity contribution in [2.45, 2.75) is 71.5 Å². The molecule has 1 heterocycles. The molecule has 132 valence electrons. The number of carbonyl (C=O) groups is 2. The van der Waals surface area contributed by atoms with E-state index in [0.29, 0.717) is 19.3 Å². The van der Waals surface area contributed by atoms with Crippen molar-refractivity contribution in [3.05, 3.63) is 23.8 Å². The van der Waals surface area contributed by atoms with E-state index < -0.39 is 22.5 Å². The summed E-state index contributed by atoms with van der Waals surface area (Å²) >= 11 is 0. The summed E-state index contributed by atoms with van der Waals surface area (Å²) in [5, 5.41) is 10.9. The van der Waals surface area contributed by atoms with E-state index in [9.17, 15) is 14.7 Å². The van der Waals surface area contributed by atoms with Crippen molar-refractivity contribution in [1.29, 1.82) is 0 Å². The Morgan fingerprint density at radius 1 is 1.21 bits per heavy atom.